The van der Waals surface area contributed by atoms with Crippen molar-refractivity contribution in [2.24, 2.45) is 0 Å². The highest BCUT2D eigenvalue weighted by molar-refractivity contribution is 7.92. The first kappa shape index (κ1) is 12.0. The fraction of sp³-hybridized carbons (Fsp3) is 0. The average molecular weight is 267 g/mol. The quantitative estimate of drug-likeness (QED) is 0.928. The number of rotatable bonds is 3. The molecule has 0 saturated carbocycles. The first-order chi connectivity index (χ1) is 8.08. The third kappa shape index (κ3) is 2.99. The molecule has 0 spiro atoms. The topological polar surface area (TPSA) is 46.2 Å². The Morgan fingerprint density at radius 3 is 2.18 bits per heavy atom. The van der Waals surface area contributed by atoms with Crippen LogP contribution in [0.3, 0.4) is 0 Å². The Hall–Kier alpha value is -1.52. The first-order valence-corrected chi connectivity index (χ1v) is 6.68. The summed E-state index contributed by atoms with van der Waals surface area (Å²) in [6, 6.07) is 15.3. The molecule has 3 nitrogen and oxygen atoms in total. The lowest BCUT2D eigenvalue weighted by Crippen LogP contribution is -2.12. The summed E-state index contributed by atoms with van der Waals surface area (Å²) in [7, 11) is -3.55. The standard InChI is InChI=1S/C12H9ClNO2S/c13-10-6-8-12(9-7-10)17(15,16)14-11-4-2-1-3-5-11/h2-9,14H. The van der Waals surface area contributed by atoms with Gasteiger partial charge in [-0.05, 0) is 42.5 Å². The molecule has 87 valence electrons. The fourth-order valence-corrected chi connectivity index (χ4v) is 2.47. The maximum absolute atomic E-state index is 11.9. The Kier molecular flexibility index (Phi) is 3.36. The van der Waals surface area contributed by atoms with E-state index in [0.717, 1.165) is 0 Å². The highest BCUT2D eigenvalue weighted by Crippen LogP contribution is 2.17. The number of sulfonamides is 1. The number of halogens is 1. The SMILES string of the molecule is O=S(=O)(Nc1cc[c]cc1)c1ccc(Cl)cc1. The molecule has 2 aromatic carbocycles. The molecular weight excluding hydrogens is 258 g/mol. The molecule has 0 unspecified atom stereocenters. The molecule has 0 fully saturated rings. The van der Waals surface area contributed by atoms with E-state index in [4.69, 9.17) is 11.6 Å². The van der Waals surface area contributed by atoms with Crippen molar-refractivity contribution >= 4 is 27.3 Å². The summed E-state index contributed by atoms with van der Waals surface area (Å²) >= 11 is 5.70. The largest absolute Gasteiger partial charge is 0.280 e. The van der Waals surface area contributed by atoms with Gasteiger partial charge in [0.05, 0.1) is 4.90 Å². The van der Waals surface area contributed by atoms with Crippen molar-refractivity contribution in [1.82, 2.24) is 0 Å². The predicted octanol–water partition coefficient (Wildman–Crippen LogP) is 2.94. The average Bonchev–Trinajstić information content (AvgIpc) is 2.30. The van der Waals surface area contributed by atoms with Gasteiger partial charge < -0.3 is 0 Å². The van der Waals surface area contributed by atoms with Crippen LogP contribution in [0.1, 0.15) is 0 Å². The van der Waals surface area contributed by atoms with Gasteiger partial charge in [0.25, 0.3) is 10.0 Å². The van der Waals surface area contributed by atoms with Crippen LogP contribution in [0.25, 0.3) is 0 Å². The summed E-state index contributed by atoms with van der Waals surface area (Å²) in [5.41, 5.74) is 0.499. The summed E-state index contributed by atoms with van der Waals surface area (Å²) in [5, 5.41) is 0.498. The van der Waals surface area contributed by atoms with Crippen LogP contribution in [0, 0.1) is 6.07 Å². The Morgan fingerprint density at radius 1 is 1.00 bits per heavy atom. The maximum Gasteiger partial charge on any atom is 0.261 e. The lowest BCUT2D eigenvalue weighted by molar-refractivity contribution is 0.601. The van der Waals surface area contributed by atoms with Crippen LogP contribution >= 0.6 is 11.6 Å². The second kappa shape index (κ2) is 4.77. The van der Waals surface area contributed by atoms with E-state index in [2.05, 4.69) is 10.8 Å². The van der Waals surface area contributed by atoms with Crippen LogP contribution in [0.15, 0.2) is 53.4 Å². The van der Waals surface area contributed by atoms with Gasteiger partial charge >= 0.3 is 0 Å². The highest BCUT2D eigenvalue weighted by atomic mass is 35.5. The molecular formula is C12H9ClNO2S. The zero-order chi connectivity index (χ0) is 12.3. The summed E-state index contributed by atoms with van der Waals surface area (Å²) < 4.78 is 26.4. The summed E-state index contributed by atoms with van der Waals surface area (Å²) in [6.07, 6.45) is 0. The second-order valence-electron chi connectivity index (χ2n) is 3.35. The molecule has 0 amide bonds. The minimum atomic E-state index is -3.55. The normalized spacial score (nSPS) is 11.1. The summed E-state index contributed by atoms with van der Waals surface area (Å²) in [6.45, 7) is 0. The maximum atomic E-state index is 11.9. The van der Waals surface area contributed by atoms with E-state index in [1.807, 2.05) is 0 Å². The zero-order valence-electron chi connectivity index (χ0n) is 8.72. The van der Waals surface area contributed by atoms with Gasteiger partial charge in [-0.15, -0.1) is 0 Å². The van der Waals surface area contributed by atoms with E-state index in [1.165, 1.54) is 24.3 Å². The van der Waals surface area contributed by atoms with E-state index in [1.54, 1.807) is 24.3 Å². The molecule has 0 aliphatic carbocycles. The lowest BCUT2D eigenvalue weighted by Gasteiger charge is -2.07. The van der Waals surface area contributed by atoms with Gasteiger partial charge in [-0.1, -0.05) is 23.7 Å². The molecule has 2 aromatic rings. The molecule has 0 bridgehead atoms. The Labute approximate surface area is 105 Å². The number of hydrogen-bond acceptors (Lipinski definition) is 2. The molecule has 1 N–H and O–H groups in total. The molecule has 5 heteroatoms. The third-order valence-electron chi connectivity index (χ3n) is 2.09. The molecule has 0 aliphatic heterocycles. The molecule has 1 radical (unpaired) electrons. The van der Waals surface area contributed by atoms with E-state index < -0.39 is 10.0 Å². The van der Waals surface area contributed by atoms with Crippen LogP contribution in [0.4, 0.5) is 5.69 Å². The molecule has 0 atom stereocenters. The summed E-state index contributed by atoms with van der Waals surface area (Å²) in [4.78, 5) is 0.176. The zero-order valence-corrected chi connectivity index (χ0v) is 10.3. The first-order valence-electron chi connectivity index (χ1n) is 4.82. The van der Waals surface area contributed by atoms with Crippen molar-refractivity contribution in [3.8, 4) is 0 Å². The van der Waals surface area contributed by atoms with E-state index in [9.17, 15) is 8.42 Å². The lowest BCUT2D eigenvalue weighted by atomic mass is 10.3. The van der Waals surface area contributed by atoms with Crippen LogP contribution < -0.4 is 4.72 Å². The van der Waals surface area contributed by atoms with Crippen LogP contribution in [-0.2, 0) is 10.0 Å². The second-order valence-corrected chi connectivity index (χ2v) is 5.47. The van der Waals surface area contributed by atoms with Crippen LogP contribution in [0.5, 0.6) is 0 Å². The van der Waals surface area contributed by atoms with Gasteiger partial charge in [0.1, 0.15) is 0 Å². The van der Waals surface area contributed by atoms with Gasteiger partial charge in [0, 0.05) is 10.7 Å². The van der Waals surface area contributed by atoms with E-state index in [0.29, 0.717) is 10.7 Å². The Balaban J connectivity index is 2.29. The molecule has 0 saturated heterocycles. The van der Waals surface area contributed by atoms with Crippen molar-refractivity contribution < 1.29 is 8.42 Å². The van der Waals surface area contributed by atoms with Crippen molar-refractivity contribution in [1.29, 1.82) is 0 Å². The predicted molar refractivity (Wildman–Crippen MR) is 67.5 cm³/mol. The third-order valence-corrected chi connectivity index (χ3v) is 3.74. The molecule has 0 heterocycles. The van der Waals surface area contributed by atoms with Crippen molar-refractivity contribution in [2.75, 3.05) is 4.72 Å². The van der Waals surface area contributed by atoms with Crippen molar-refractivity contribution in [2.45, 2.75) is 4.90 Å². The smallest absolute Gasteiger partial charge is 0.261 e. The van der Waals surface area contributed by atoms with Gasteiger partial charge in [0.15, 0.2) is 0 Å². The number of benzene rings is 2. The molecule has 2 rings (SSSR count). The van der Waals surface area contributed by atoms with E-state index in [-0.39, 0.29) is 4.90 Å². The van der Waals surface area contributed by atoms with Crippen LogP contribution in [-0.4, -0.2) is 8.42 Å². The minimum absolute atomic E-state index is 0.176. The van der Waals surface area contributed by atoms with E-state index >= 15 is 0 Å². The summed E-state index contributed by atoms with van der Waals surface area (Å²) in [5.74, 6) is 0. The molecule has 0 aliphatic rings. The van der Waals surface area contributed by atoms with Gasteiger partial charge in [-0.25, -0.2) is 8.42 Å². The minimum Gasteiger partial charge on any atom is -0.280 e. The Bertz CT molecular complexity index is 594. The van der Waals surface area contributed by atoms with Gasteiger partial charge in [-0.3, -0.25) is 4.72 Å². The van der Waals surface area contributed by atoms with Crippen LogP contribution in [0.2, 0.25) is 5.02 Å². The number of nitrogens with one attached hydrogen (secondary N) is 1. The number of hydrogen-bond donors (Lipinski definition) is 1. The van der Waals surface area contributed by atoms with Gasteiger partial charge in [0.2, 0.25) is 0 Å². The van der Waals surface area contributed by atoms with Gasteiger partial charge in [-0.2, -0.15) is 0 Å². The van der Waals surface area contributed by atoms with Crippen molar-refractivity contribution in [3.05, 3.63) is 59.6 Å². The number of anilines is 1. The Morgan fingerprint density at radius 2 is 1.59 bits per heavy atom. The molecule has 0 aromatic heterocycles. The highest BCUT2D eigenvalue weighted by Gasteiger charge is 2.13. The monoisotopic (exact) mass is 266 g/mol. The fourth-order valence-electron chi connectivity index (χ4n) is 1.28. The van der Waals surface area contributed by atoms with Crippen molar-refractivity contribution in [3.63, 3.8) is 0 Å². The molecule has 17 heavy (non-hydrogen) atoms.